The van der Waals surface area contributed by atoms with E-state index in [-0.39, 0.29) is 18.1 Å². The maximum Gasteiger partial charge on any atom is 0.300 e. The van der Waals surface area contributed by atoms with Crippen LogP contribution in [0.3, 0.4) is 0 Å². The van der Waals surface area contributed by atoms with Gasteiger partial charge in [-0.05, 0) is 62.9 Å². The molecule has 162 valence electrons. The minimum atomic E-state index is -0.833. The number of aryl methyl sites for hydroxylation is 1. The quantitative estimate of drug-likeness (QED) is 0.524. The van der Waals surface area contributed by atoms with Gasteiger partial charge in [0.1, 0.15) is 0 Å². The fourth-order valence-corrected chi connectivity index (χ4v) is 4.72. The monoisotopic (exact) mass is 424 g/mol. The van der Waals surface area contributed by atoms with Crippen molar-refractivity contribution in [2.75, 3.05) is 25.4 Å². The zero-order valence-electron chi connectivity index (χ0n) is 16.9. The summed E-state index contributed by atoms with van der Waals surface area (Å²) in [5, 5.41) is 16.7. The van der Waals surface area contributed by atoms with Gasteiger partial charge in [0.25, 0.3) is 5.97 Å². The van der Waals surface area contributed by atoms with Gasteiger partial charge in [0.15, 0.2) is 5.13 Å². The van der Waals surface area contributed by atoms with Crippen molar-refractivity contribution in [1.82, 2.24) is 15.6 Å². The van der Waals surface area contributed by atoms with Crippen LogP contribution >= 0.6 is 11.3 Å². The number of carboxylic acids is 1. The number of carboxylic acid groups (broad SMARTS) is 1. The molecule has 1 aromatic heterocycles. The number of thiazole rings is 1. The molecule has 1 aromatic rings. The Labute approximate surface area is 175 Å². The molecule has 8 nitrogen and oxygen atoms in total. The predicted octanol–water partition coefficient (Wildman–Crippen LogP) is 1.66. The number of rotatable bonds is 7. The number of nitrogens with zero attached hydrogens (tertiary/aromatic N) is 1. The average Bonchev–Trinajstić information content (AvgIpc) is 3.22. The number of aliphatic carboxylic acids is 1. The molecule has 3 fully saturated rings. The predicted molar refractivity (Wildman–Crippen MR) is 112 cm³/mol. The Balaban J connectivity index is 0.000000552. The highest BCUT2D eigenvalue weighted by Crippen LogP contribution is 2.36. The van der Waals surface area contributed by atoms with Crippen LogP contribution in [0.4, 0.5) is 5.13 Å². The summed E-state index contributed by atoms with van der Waals surface area (Å²) < 4.78 is 6.22. The third kappa shape index (κ3) is 7.24. The van der Waals surface area contributed by atoms with Crippen LogP contribution in [0.25, 0.3) is 0 Å². The summed E-state index contributed by atoms with van der Waals surface area (Å²) in [7, 11) is 0. The number of hydrogen-bond acceptors (Lipinski definition) is 7. The van der Waals surface area contributed by atoms with Gasteiger partial charge in [-0.15, -0.1) is 11.3 Å². The lowest BCUT2D eigenvalue weighted by Crippen LogP contribution is -2.50. The fraction of sp³-hybridized carbons (Fsp3) is 0.750. The molecule has 1 aliphatic heterocycles. The van der Waals surface area contributed by atoms with Gasteiger partial charge in [0.2, 0.25) is 5.91 Å². The van der Waals surface area contributed by atoms with Crippen LogP contribution in [0.5, 0.6) is 0 Å². The van der Waals surface area contributed by atoms with Crippen LogP contribution in [0.15, 0.2) is 5.38 Å². The summed E-state index contributed by atoms with van der Waals surface area (Å²) in [4.78, 5) is 25.7. The molecule has 5 N–H and O–H groups in total. The van der Waals surface area contributed by atoms with Crippen molar-refractivity contribution in [3.05, 3.63) is 11.1 Å². The summed E-state index contributed by atoms with van der Waals surface area (Å²) in [5.74, 6) is 1.40. The first-order valence-corrected chi connectivity index (χ1v) is 11.3. The van der Waals surface area contributed by atoms with E-state index < -0.39 is 5.97 Å². The van der Waals surface area contributed by atoms with E-state index >= 15 is 0 Å². The Hall–Kier alpha value is -1.71. The Bertz CT molecular complexity index is 690. The Morgan fingerprint density at radius 2 is 2.03 bits per heavy atom. The molecule has 4 atom stereocenters. The summed E-state index contributed by atoms with van der Waals surface area (Å²) >= 11 is 1.43. The molecule has 0 radical (unpaired) electrons. The summed E-state index contributed by atoms with van der Waals surface area (Å²) in [6.45, 7) is 4.12. The maximum atomic E-state index is 12.4. The molecule has 2 aliphatic carbocycles. The Morgan fingerprint density at radius 1 is 1.34 bits per heavy atom. The van der Waals surface area contributed by atoms with E-state index in [1.165, 1.54) is 24.2 Å². The molecule has 0 unspecified atom stereocenters. The van der Waals surface area contributed by atoms with E-state index in [0.29, 0.717) is 29.8 Å². The van der Waals surface area contributed by atoms with Gasteiger partial charge in [-0.1, -0.05) is 0 Å². The third-order valence-corrected chi connectivity index (χ3v) is 6.51. The number of nitrogens with two attached hydrogens (primary N) is 1. The Morgan fingerprint density at radius 3 is 2.66 bits per heavy atom. The van der Waals surface area contributed by atoms with Crippen molar-refractivity contribution in [3.63, 3.8) is 0 Å². The van der Waals surface area contributed by atoms with Gasteiger partial charge in [-0.3, -0.25) is 9.59 Å². The van der Waals surface area contributed by atoms with Gasteiger partial charge in [0, 0.05) is 25.3 Å². The number of anilines is 1. The van der Waals surface area contributed by atoms with Gasteiger partial charge in [0.05, 0.1) is 17.8 Å². The van der Waals surface area contributed by atoms with E-state index in [0.717, 1.165) is 51.1 Å². The first-order chi connectivity index (χ1) is 13.9. The number of carbonyl (C=O) groups excluding carboxylic acids is 1. The van der Waals surface area contributed by atoms with Crippen LogP contribution in [0.2, 0.25) is 0 Å². The van der Waals surface area contributed by atoms with E-state index in [9.17, 15) is 4.79 Å². The van der Waals surface area contributed by atoms with Crippen LogP contribution in [-0.4, -0.2) is 53.8 Å². The number of amides is 1. The van der Waals surface area contributed by atoms with Crippen LogP contribution < -0.4 is 16.4 Å². The molecule has 4 rings (SSSR count). The number of hydrogen-bond donors (Lipinski definition) is 4. The van der Waals surface area contributed by atoms with Gasteiger partial charge in [-0.25, -0.2) is 4.98 Å². The molecule has 0 spiro atoms. The van der Waals surface area contributed by atoms with E-state index in [2.05, 4.69) is 15.6 Å². The molecular formula is C20H32N4O4S. The zero-order valence-corrected chi connectivity index (χ0v) is 17.7. The highest BCUT2D eigenvalue weighted by atomic mass is 32.1. The maximum absolute atomic E-state index is 12.4. The minimum absolute atomic E-state index is 0.0981. The standard InChI is InChI=1S/C18H28N4O2S.C2H4O2/c19-18-21-14(10-25-18)3-4-17(23)22-15-5-12-7-20-8-13(12)6-16(15)24-9-11-1-2-11;1-2(3)4/h10-13,15-16,20H,1-9H2,(H2,19,21)(H,22,23);1H3,(H,3,4)/t12-,13+,15-,16-;/m0./s1. The van der Waals surface area contributed by atoms with E-state index in [1.807, 2.05) is 5.38 Å². The van der Waals surface area contributed by atoms with Crippen LogP contribution in [0, 0.1) is 17.8 Å². The van der Waals surface area contributed by atoms with Crippen molar-refractivity contribution in [3.8, 4) is 0 Å². The van der Waals surface area contributed by atoms with Crippen molar-refractivity contribution >= 4 is 28.3 Å². The van der Waals surface area contributed by atoms with Crippen molar-refractivity contribution in [2.45, 2.75) is 57.6 Å². The lowest BCUT2D eigenvalue weighted by Gasteiger charge is -2.38. The van der Waals surface area contributed by atoms with Crippen molar-refractivity contribution in [2.24, 2.45) is 17.8 Å². The zero-order chi connectivity index (χ0) is 20.8. The molecule has 0 aromatic carbocycles. The highest BCUT2D eigenvalue weighted by Gasteiger charge is 2.41. The number of fused-ring (bicyclic) bond motifs is 1. The smallest absolute Gasteiger partial charge is 0.300 e. The molecule has 0 bridgehead atoms. The molecule has 2 saturated carbocycles. The van der Waals surface area contributed by atoms with Crippen LogP contribution in [-0.2, 0) is 20.7 Å². The molecule has 29 heavy (non-hydrogen) atoms. The highest BCUT2D eigenvalue weighted by molar-refractivity contribution is 7.13. The first kappa shape index (κ1) is 22.0. The average molecular weight is 425 g/mol. The second kappa shape index (κ2) is 10.4. The SMILES string of the molecule is CC(=O)O.Nc1nc(CCC(=O)N[C@H]2C[C@H]3CNC[C@H]3C[C@@H]2OCC2CC2)cs1. The van der Waals surface area contributed by atoms with Crippen LogP contribution in [0.1, 0.15) is 44.7 Å². The summed E-state index contributed by atoms with van der Waals surface area (Å²) in [6.07, 6.45) is 5.97. The number of carbonyl (C=O) groups is 2. The number of nitrogens with one attached hydrogen (secondary N) is 2. The first-order valence-electron chi connectivity index (χ1n) is 10.4. The number of nitrogen functional groups attached to an aromatic ring is 1. The number of aromatic nitrogens is 1. The van der Waals surface area contributed by atoms with Gasteiger partial charge < -0.3 is 26.2 Å². The van der Waals surface area contributed by atoms with Gasteiger partial charge in [-0.2, -0.15) is 0 Å². The largest absolute Gasteiger partial charge is 0.481 e. The lowest BCUT2D eigenvalue weighted by atomic mass is 9.77. The summed E-state index contributed by atoms with van der Waals surface area (Å²) in [5.41, 5.74) is 6.55. The molecule has 3 aliphatic rings. The Kier molecular flexibility index (Phi) is 7.85. The third-order valence-electron chi connectivity index (χ3n) is 5.79. The normalized spacial score (nSPS) is 28.2. The summed E-state index contributed by atoms with van der Waals surface area (Å²) in [6, 6.07) is 0.146. The fourth-order valence-electron chi connectivity index (χ4n) is 4.12. The second-order valence-corrected chi connectivity index (χ2v) is 9.22. The molecular weight excluding hydrogens is 392 g/mol. The van der Waals surface area contributed by atoms with Crippen molar-refractivity contribution in [1.29, 1.82) is 0 Å². The molecule has 1 saturated heterocycles. The molecule has 2 heterocycles. The van der Waals surface area contributed by atoms with E-state index in [1.54, 1.807) is 0 Å². The van der Waals surface area contributed by atoms with Crippen molar-refractivity contribution < 1.29 is 19.4 Å². The molecule has 9 heteroatoms. The lowest BCUT2D eigenvalue weighted by molar-refractivity contribution is -0.134. The number of ether oxygens (including phenoxy) is 1. The minimum Gasteiger partial charge on any atom is -0.481 e. The second-order valence-electron chi connectivity index (χ2n) is 8.34. The van der Waals surface area contributed by atoms with E-state index in [4.69, 9.17) is 20.4 Å². The van der Waals surface area contributed by atoms with Gasteiger partial charge >= 0.3 is 0 Å². The molecule has 1 amide bonds. The topological polar surface area (TPSA) is 127 Å².